The predicted octanol–water partition coefficient (Wildman–Crippen LogP) is 2.70. The van der Waals surface area contributed by atoms with Crippen molar-refractivity contribution in [2.24, 2.45) is 29.6 Å². The second-order valence-corrected chi connectivity index (χ2v) is 3.92. The monoisotopic (exact) mass is 164 g/mol. The maximum atomic E-state index is 12.1. The molecule has 0 bridgehead atoms. The molecule has 0 saturated heterocycles. The second kappa shape index (κ2) is 1.75. The summed E-state index contributed by atoms with van der Waals surface area (Å²) in [5.41, 5.74) is 0. The van der Waals surface area contributed by atoms with Crippen molar-refractivity contribution in [2.75, 3.05) is 0 Å². The minimum absolute atomic E-state index is 0.0231. The van der Waals surface area contributed by atoms with Gasteiger partial charge in [-0.3, -0.25) is 0 Å². The van der Waals surface area contributed by atoms with Crippen molar-refractivity contribution in [1.29, 1.82) is 0 Å². The summed E-state index contributed by atoms with van der Waals surface area (Å²) >= 11 is 0. The van der Waals surface area contributed by atoms with Gasteiger partial charge in [0.25, 0.3) is 0 Å². The molecule has 2 aliphatic rings. The van der Waals surface area contributed by atoms with E-state index in [-0.39, 0.29) is 5.92 Å². The minimum Gasteiger partial charge on any atom is -0.171 e. The summed E-state index contributed by atoms with van der Waals surface area (Å²) in [6.07, 6.45) is -3.96. The Labute approximate surface area is 63.8 Å². The highest BCUT2D eigenvalue weighted by atomic mass is 19.4. The highest BCUT2D eigenvalue weighted by Crippen LogP contribution is 2.76. The van der Waals surface area contributed by atoms with Crippen molar-refractivity contribution in [1.82, 2.24) is 0 Å². The second-order valence-electron chi connectivity index (χ2n) is 3.92. The van der Waals surface area contributed by atoms with Crippen molar-refractivity contribution in [3.05, 3.63) is 0 Å². The summed E-state index contributed by atoms with van der Waals surface area (Å²) in [5.74, 6) is 0.349. The molecular weight excluding hydrogens is 153 g/mol. The molecule has 2 fully saturated rings. The molecule has 0 nitrogen and oxygen atoms in total. The van der Waals surface area contributed by atoms with Gasteiger partial charge in [-0.05, 0) is 23.7 Å². The summed E-state index contributed by atoms with van der Waals surface area (Å²) in [4.78, 5) is 0. The molecule has 0 aromatic heterocycles. The summed E-state index contributed by atoms with van der Waals surface area (Å²) in [5, 5.41) is 0. The van der Waals surface area contributed by atoms with Crippen LogP contribution in [-0.4, -0.2) is 6.18 Å². The molecule has 11 heavy (non-hydrogen) atoms. The van der Waals surface area contributed by atoms with Crippen molar-refractivity contribution in [3.63, 3.8) is 0 Å². The van der Waals surface area contributed by atoms with E-state index in [9.17, 15) is 13.2 Å². The third-order valence-corrected chi connectivity index (χ3v) is 3.36. The molecule has 3 unspecified atom stereocenters. The Bertz CT molecular complexity index is 174. The first-order valence-electron chi connectivity index (χ1n) is 4.01. The van der Waals surface area contributed by atoms with Crippen LogP contribution in [0.1, 0.15) is 13.8 Å². The number of hydrogen-bond acceptors (Lipinski definition) is 0. The number of hydrogen-bond donors (Lipinski definition) is 0. The highest BCUT2D eigenvalue weighted by Gasteiger charge is 2.74. The molecule has 2 aliphatic carbocycles. The van der Waals surface area contributed by atoms with E-state index in [4.69, 9.17) is 0 Å². The quantitative estimate of drug-likeness (QED) is 0.559. The van der Waals surface area contributed by atoms with Gasteiger partial charge in [0, 0.05) is 0 Å². The van der Waals surface area contributed by atoms with Gasteiger partial charge in [-0.1, -0.05) is 13.8 Å². The van der Waals surface area contributed by atoms with Gasteiger partial charge in [-0.2, -0.15) is 13.2 Å². The molecule has 0 aromatic rings. The van der Waals surface area contributed by atoms with Crippen molar-refractivity contribution in [3.8, 4) is 0 Å². The molecular formula is C8H11F3. The van der Waals surface area contributed by atoms with Gasteiger partial charge in [0.2, 0.25) is 0 Å². The maximum absolute atomic E-state index is 12.1. The van der Waals surface area contributed by atoms with Crippen molar-refractivity contribution >= 4 is 0 Å². The van der Waals surface area contributed by atoms with E-state index in [1.807, 2.05) is 6.92 Å². The van der Waals surface area contributed by atoms with Crippen LogP contribution in [0.4, 0.5) is 13.2 Å². The van der Waals surface area contributed by atoms with Crippen LogP contribution < -0.4 is 0 Å². The lowest BCUT2D eigenvalue weighted by molar-refractivity contribution is -0.179. The van der Waals surface area contributed by atoms with Crippen LogP contribution in [0.15, 0.2) is 0 Å². The van der Waals surface area contributed by atoms with Crippen molar-refractivity contribution in [2.45, 2.75) is 20.0 Å². The Kier molecular flexibility index (Phi) is 1.18. The maximum Gasteiger partial charge on any atom is 0.391 e. The van der Waals surface area contributed by atoms with E-state index in [0.29, 0.717) is 17.8 Å². The first-order valence-corrected chi connectivity index (χ1v) is 4.01. The zero-order valence-corrected chi connectivity index (χ0v) is 6.52. The largest absolute Gasteiger partial charge is 0.391 e. The third-order valence-electron chi connectivity index (χ3n) is 3.36. The third kappa shape index (κ3) is 0.893. The average Bonchev–Trinajstić information content (AvgIpc) is 2.68. The number of fused-ring (bicyclic) bond motifs is 1. The van der Waals surface area contributed by atoms with E-state index in [1.54, 1.807) is 0 Å². The Balaban J connectivity index is 1.90. The standard InChI is InChI=1S/C8H11F3/c1-3-5-6(3)7(5)4(2)8(9,10)11/h3-7H,1-2H3. The molecule has 0 amide bonds. The van der Waals surface area contributed by atoms with Crippen LogP contribution in [0.3, 0.4) is 0 Å². The van der Waals surface area contributed by atoms with Gasteiger partial charge in [0.05, 0.1) is 5.92 Å². The molecule has 64 valence electrons. The van der Waals surface area contributed by atoms with Crippen LogP contribution in [0.5, 0.6) is 0 Å². The highest BCUT2D eigenvalue weighted by molar-refractivity contribution is 5.19. The summed E-state index contributed by atoms with van der Waals surface area (Å²) in [6.45, 7) is 3.35. The molecule has 2 saturated carbocycles. The summed E-state index contributed by atoms with van der Waals surface area (Å²) in [6, 6.07) is 0. The summed E-state index contributed by atoms with van der Waals surface area (Å²) in [7, 11) is 0. The Morgan fingerprint density at radius 1 is 1.18 bits per heavy atom. The van der Waals surface area contributed by atoms with Crippen LogP contribution in [0, 0.1) is 29.6 Å². The van der Waals surface area contributed by atoms with Gasteiger partial charge in [0.1, 0.15) is 0 Å². The lowest BCUT2D eigenvalue weighted by atomic mass is 9.94. The van der Waals surface area contributed by atoms with Crippen molar-refractivity contribution < 1.29 is 13.2 Å². The summed E-state index contributed by atoms with van der Waals surface area (Å²) < 4.78 is 36.2. The minimum atomic E-state index is -3.96. The molecule has 2 rings (SSSR count). The fourth-order valence-corrected chi connectivity index (χ4v) is 2.35. The topological polar surface area (TPSA) is 0 Å². The molecule has 0 aromatic carbocycles. The van der Waals surface area contributed by atoms with E-state index in [2.05, 4.69) is 0 Å². The first kappa shape index (κ1) is 7.44. The molecule has 0 heterocycles. The Morgan fingerprint density at radius 2 is 1.64 bits per heavy atom. The molecule has 3 atom stereocenters. The fraction of sp³-hybridized carbons (Fsp3) is 1.00. The van der Waals surface area contributed by atoms with Gasteiger partial charge >= 0.3 is 6.18 Å². The number of rotatable bonds is 1. The predicted molar refractivity (Wildman–Crippen MR) is 34.9 cm³/mol. The Hall–Kier alpha value is -0.210. The van der Waals surface area contributed by atoms with Crippen LogP contribution >= 0.6 is 0 Å². The van der Waals surface area contributed by atoms with Gasteiger partial charge in [-0.15, -0.1) is 0 Å². The normalized spacial score (nSPS) is 49.9. The van der Waals surface area contributed by atoms with E-state index in [1.165, 1.54) is 6.92 Å². The van der Waals surface area contributed by atoms with E-state index < -0.39 is 12.1 Å². The molecule has 0 radical (unpaired) electrons. The lowest BCUT2D eigenvalue weighted by Gasteiger charge is -2.19. The van der Waals surface area contributed by atoms with Gasteiger partial charge in [0.15, 0.2) is 0 Å². The molecule has 0 spiro atoms. The molecule has 3 heteroatoms. The van der Waals surface area contributed by atoms with Gasteiger partial charge in [-0.25, -0.2) is 0 Å². The molecule has 0 N–H and O–H groups in total. The zero-order valence-electron chi connectivity index (χ0n) is 6.52. The van der Waals surface area contributed by atoms with Crippen LogP contribution in [-0.2, 0) is 0 Å². The van der Waals surface area contributed by atoms with Crippen LogP contribution in [0.2, 0.25) is 0 Å². The smallest absolute Gasteiger partial charge is 0.171 e. The fourth-order valence-electron chi connectivity index (χ4n) is 2.35. The van der Waals surface area contributed by atoms with Gasteiger partial charge < -0.3 is 0 Å². The van der Waals surface area contributed by atoms with E-state index >= 15 is 0 Å². The number of halogens is 3. The SMILES string of the molecule is CC1C2C1C2C(C)C(F)(F)F. The zero-order chi connectivity index (χ0) is 8.39. The van der Waals surface area contributed by atoms with Crippen LogP contribution in [0.25, 0.3) is 0 Å². The van der Waals surface area contributed by atoms with E-state index in [0.717, 1.165) is 0 Å². The lowest BCUT2D eigenvalue weighted by Crippen LogP contribution is -2.25. The molecule has 0 aliphatic heterocycles. The number of alkyl halides is 3. The Morgan fingerprint density at radius 3 is 1.91 bits per heavy atom. The average molecular weight is 164 g/mol. The first-order chi connectivity index (χ1) is 4.94.